The Labute approximate surface area is 195 Å². The third kappa shape index (κ3) is 5.53. The first-order valence-electron chi connectivity index (χ1n) is 11.4. The lowest BCUT2D eigenvalue weighted by molar-refractivity contribution is 0.102. The molecular weight excluding hydrogens is 414 g/mol. The molecule has 1 aliphatic heterocycles. The number of carbonyl (C=O) groups is 1. The number of piperidine rings is 1. The van der Waals surface area contributed by atoms with Gasteiger partial charge in [0.2, 0.25) is 0 Å². The fourth-order valence-electron chi connectivity index (χ4n) is 4.25. The Morgan fingerprint density at radius 2 is 2.00 bits per heavy atom. The SMILES string of the molecule is C=CCCCN1CCC(c2nc(C(=O)Nc3ccc(C)cc3-c3ccccc3)cs2)CC1. The number of thiazole rings is 1. The minimum absolute atomic E-state index is 0.143. The third-order valence-corrected chi connectivity index (χ3v) is 7.09. The van der Waals surface area contributed by atoms with Crippen LogP contribution in [0.25, 0.3) is 11.1 Å². The molecule has 4 nitrogen and oxygen atoms in total. The summed E-state index contributed by atoms with van der Waals surface area (Å²) in [4.78, 5) is 20.3. The molecule has 0 unspecified atom stereocenters. The van der Waals surface area contributed by atoms with E-state index in [1.807, 2.05) is 41.8 Å². The predicted molar refractivity (Wildman–Crippen MR) is 135 cm³/mol. The molecule has 0 spiro atoms. The minimum Gasteiger partial charge on any atom is -0.320 e. The van der Waals surface area contributed by atoms with E-state index in [1.54, 1.807) is 11.3 Å². The topological polar surface area (TPSA) is 45.2 Å². The monoisotopic (exact) mass is 445 g/mol. The van der Waals surface area contributed by atoms with Crippen molar-refractivity contribution in [1.82, 2.24) is 9.88 Å². The fraction of sp³-hybridized carbons (Fsp3) is 0.333. The van der Waals surface area contributed by atoms with Crippen molar-refractivity contribution in [2.75, 3.05) is 25.0 Å². The Bertz CT molecular complexity index is 1050. The summed E-state index contributed by atoms with van der Waals surface area (Å²) in [5, 5.41) is 6.08. The zero-order valence-electron chi connectivity index (χ0n) is 18.7. The number of unbranched alkanes of at least 4 members (excludes halogenated alkanes) is 1. The molecule has 0 radical (unpaired) electrons. The molecular formula is C27H31N3OS. The molecule has 1 saturated heterocycles. The van der Waals surface area contributed by atoms with Gasteiger partial charge in [-0.15, -0.1) is 17.9 Å². The van der Waals surface area contributed by atoms with Gasteiger partial charge in [-0.25, -0.2) is 4.98 Å². The van der Waals surface area contributed by atoms with E-state index < -0.39 is 0 Å². The van der Waals surface area contributed by atoms with Crippen molar-refractivity contribution in [1.29, 1.82) is 0 Å². The van der Waals surface area contributed by atoms with E-state index in [1.165, 1.54) is 6.42 Å². The van der Waals surface area contributed by atoms with Crippen molar-refractivity contribution < 1.29 is 4.79 Å². The summed E-state index contributed by atoms with van der Waals surface area (Å²) in [5.74, 6) is 0.312. The number of anilines is 1. The maximum absolute atomic E-state index is 13.0. The first-order chi connectivity index (χ1) is 15.6. The van der Waals surface area contributed by atoms with Gasteiger partial charge >= 0.3 is 0 Å². The molecule has 1 N–H and O–H groups in total. The number of hydrogen-bond donors (Lipinski definition) is 1. The lowest BCUT2D eigenvalue weighted by Crippen LogP contribution is -2.33. The summed E-state index contributed by atoms with van der Waals surface area (Å²) in [5.41, 5.74) is 4.60. The van der Waals surface area contributed by atoms with Gasteiger partial charge in [0.25, 0.3) is 5.91 Å². The normalized spacial score (nSPS) is 14.9. The van der Waals surface area contributed by atoms with Gasteiger partial charge in [-0.1, -0.05) is 48.0 Å². The molecule has 5 heteroatoms. The van der Waals surface area contributed by atoms with Gasteiger partial charge in [0.15, 0.2) is 0 Å². The molecule has 2 aromatic carbocycles. The molecule has 0 atom stereocenters. The molecule has 1 aliphatic rings. The van der Waals surface area contributed by atoms with E-state index in [4.69, 9.17) is 4.98 Å². The van der Waals surface area contributed by atoms with Crippen LogP contribution in [0.5, 0.6) is 0 Å². The second kappa shape index (κ2) is 10.7. The van der Waals surface area contributed by atoms with Gasteiger partial charge in [0.1, 0.15) is 5.69 Å². The number of carbonyl (C=O) groups excluding carboxylic acids is 1. The van der Waals surface area contributed by atoms with Crippen LogP contribution in [0.1, 0.15) is 52.7 Å². The van der Waals surface area contributed by atoms with E-state index in [0.29, 0.717) is 11.6 Å². The number of rotatable bonds is 8. The van der Waals surface area contributed by atoms with Gasteiger partial charge in [-0.2, -0.15) is 0 Å². The van der Waals surface area contributed by atoms with Crippen LogP contribution in [0.3, 0.4) is 0 Å². The molecule has 1 amide bonds. The van der Waals surface area contributed by atoms with Crippen molar-refractivity contribution in [3.63, 3.8) is 0 Å². The van der Waals surface area contributed by atoms with Crippen LogP contribution < -0.4 is 5.32 Å². The predicted octanol–water partition coefficient (Wildman–Crippen LogP) is 6.52. The lowest BCUT2D eigenvalue weighted by atomic mass is 9.97. The second-order valence-corrected chi connectivity index (χ2v) is 9.38. The molecule has 0 saturated carbocycles. The van der Waals surface area contributed by atoms with Gasteiger partial charge in [-0.05, 0) is 69.9 Å². The van der Waals surface area contributed by atoms with Gasteiger partial charge in [0.05, 0.1) is 5.01 Å². The summed E-state index contributed by atoms with van der Waals surface area (Å²) < 4.78 is 0. The average molecular weight is 446 g/mol. The van der Waals surface area contributed by atoms with Gasteiger partial charge < -0.3 is 10.2 Å². The fourth-order valence-corrected chi connectivity index (χ4v) is 5.22. The Kier molecular flexibility index (Phi) is 7.51. The number of benzene rings is 2. The van der Waals surface area contributed by atoms with Crippen molar-refractivity contribution in [3.8, 4) is 11.1 Å². The van der Waals surface area contributed by atoms with Crippen molar-refractivity contribution in [2.24, 2.45) is 0 Å². The average Bonchev–Trinajstić information content (AvgIpc) is 3.32. The number of aryl methyl sites for hydroxylation is 1. The standard InChI is InChI=1S/C27H31N3OS/c1-3-4-8-15-30-16-13-22(14-17-30)27-29-25(19-32-27)26(31)28-24-12-11-20(2)18-23(24)21-9-6-5-7-10-21/h3,5-7,9-12,18-19,22H,1,4,8,13-17H2,2H3,(H,28,31). The Morgan fingerprint density at radius 1 is 1.22 bits per heavy atom. The molecule has 2 heterocycles. The Balaban J connectivity index is 1.41. The van der Waals surface area contributed by atoms with Crippen molar-refractivity contribution >= 4 is 22.9 Å². The lowest BCUT2D eigenvalue weighted by Gasteiger charge is -2.30. The van der Waals surface area contributed by atoms with Gasteiger partial charge in [-0.3, -0.25) is 4.79 Å². The summed E-state index contributed by atoms with van der Waals surface area (Å²) in [6.45, 7) is 9.22. The number of allylic oxidation sites excluding steroid dienone is 1. The van der Waals surface area contributed by atoms with Crippen LogP contribution in [0.2, 0.25) is 0 Å². The number of aromatic nitrogens is 1. The first-order valence-corrected chi connectivity index (χ1v) is 12.3. The number of hydrogen-bond acceptors (Lipinski definition) is 4. The molecule has 32 heavy (non-hydrogen) atoms. The van der Waals surface area contributed by atoms with E-state index in [0.717, 1.165) is 66.3 Å². The quantitative estimate of drug-likeness (QED) is 0.317. The second-order valence-electron chi connectivity index (χ2n) is 8.49. The van der Waals surface area contributed by atoms with Crippen molar-refractivity contribution in [2.45, 2.75) is 38.5 Å². The maximum Gasteiger partial charge on any atom is 0.275 e. The summed E-state index contributed by atoms with van der Waals surface area (Å²) >= 11 is 1.62. The number of nitrogens with one attached hydrogen (secondary N) is 1. The maximum atomic E-state index is 13.0. The minimum atomic E-state index is -0.143. The van der Waals surface area contributed by atoms with Gasteiger partial charge in [0, 0.05) is 22.5 Å². The van der Waals surface area contributed by atoms with E-state index in [2.05, 4.69) is 41.9 Å². The Morgan fingerprint density at radius 3 is 2.75 bits per heavy atom. The van der Waals surface area contributed by atoms with Crippen molar-refractivity contribution in [3.05, 3.63) is 82.8 Å². The van der Waals surface area contributed by atoms with Crippen LogP contribution in [0, 0.1) is 6.92 Å². The molecule has 1 aromatic heterocycles. The number of amides is 1. The Hall–Kier alpha value is -2.76. The highest BCUT2D eigenvalue weighted by Gasteiger charge is 2.24. The smallest absolute Gasteiger partial charge is 0.275 e. The third-order valence-electron chi connectivity index (χ3n) is 6.08. The zero-order valence-corrected chi connectivity index (χ0v) is 19.5. The van der Waals surface area contributed by atoms with E-state index >= 15 is 0 Å². The molecule has 166 valence electrons. The number of nitrogens with zero attached hydrogens (tertiary/aromatic N) is 2. The number of likely N-dealkylation sites (tertiary alicyclic amines) is 1. The highest BCUT2D eigenvalue weighted by molar-refractivity contribution is 7.10. The van der Waals surface area contributed by atoms with Crippen LogP contribution >= 0.6 is 11.3 Å². The summed E-state index contributed by atoms with van der Waals surface area (Å²) in [6.07, 6.45) is 6.48. The van der Waals surface area contributed by atoms with Crippen LogP contribution in [0.15, 0.2) is 66.6 Å². The highest BCUT2D eigenvalue weighted by Crippen LogP contribution is 2.32. The zero-order chi connectivity index (χ0) is 22.3. The molecule has 1 fully saturated rings. The summed E-state index contributed by atoms with van der Waals surface area (Å²) in [6, 6.07) is 16.3. The van der Waals surface area contributed by atoms with Crippen LogP contribution in [-0.4, -0.2) is 35.4 Å². The largest absolute Gasteiger partial charge is 0.320 e. The van der Waals surface area contributed by atoms with E-state index in [-0.39, 0.29) is 5.91 Å². The van der Waals surface area contributed by atoms with E-state index in [9.17, 15) is 4.79 Å². The molecule has 0 bridgehead atoms. The molecule has 4 rings (SSSR count). The molecule has 0 aliphatic carbocycles. The van der Waals surface area contributed by atoms with Crippen LogP contribution in [0.4, 0.5) is 5.69 Å². The summed E-state index contributed by atoms with van der Waals surface area (Å²) in [7, 11) is 0. The highest BCUT2D eigenvalue weighted by atomic mass is 32.1. The molecule has 3 aromatic rings. The van der Waals surface area contributed by atoms with Crippen LogP contribution in [-0.2, 0) is 0 Å². The first kappa shape index (κ1) is 22.4.